The van der Waals surface area contributed by atoms with E-state index in [4.69, 9.17) is 20.8 Å². The highest BCUT2D eigenvalue weighted by molar-refractivity contribution is 6.31. The first-order valence-electron chi connectivity index (χ1n) is 9.08. The van der Waals surface area contributed by atoms with Crippen LogP contribution in [-0.2, 0) is 6.54 Å². The van der Waals surface area contributed by atoms with Crippen molar-refractivity contribution in [3.63, 3.8) is 0 Å². The first-order valence-corrected chi connectivity index (χ1v) is 9.46. The highest BCUT2D eigenvalue weighted by Gasteiger charge is 2.23. The van der Waals surface area contributed by atoms with Gasteiger partial charge in [-0.15, -0.1) is 0 Å². The lowest BCUT2D eigenvalue weighted by Gasteiger charge is -2.31. The Labute approximate surface area is 170 Å². The van der Waals surface area contributed by atoms with Gasteiger partial charge in [0, 0.05) is 17.1 Å². The molecular formula is C23H15ClFNO3. The van der Waals surface area contributed by atoms with Gasteiger partial charge in [0.05, 0.1) is 17.1 Å². The van der Waals surface area contributed by atoms with Gasteiger partial charge >= 0.3 is 5.63 Å². The van der Waals surface area contributed by atoms with Crippen LogP contribution in [0.15, 0.2) is 75.9 Å². The SMILES string of the molecule is O=c1cc(-c2ccccc2)c2ccc3c(c2o1)CN(c1ccc(F)c(Cl)c1)CO3. The lowest BCUT2D eigenvalue weighted by atomic mass is 9.99. The number of hydrogen-bond acceptors (Lipinski definition) is 4. The fourth-order valence-electron chi connectivity index (χ4n) is 3.64. The molecule has 4 aromatic rings. The molecule has 1 aliphatic rings. The first kappa shape index (κ1) is 17.8. The molecule has 1 aliphatic heterocycles. The number of hydrogen-bond donors (Lipinski definition) is 0. The van der Waals surface area contributed by atoms with Crippen molar-refractivity contribution < 1.29 is 13.5 Å². The third-order valence-electron chi connectivity index (χ3n) is 5.05. The van der Waals surface area contributed by atoms with Crippen molar-refractivity contribution in [1.82, 2.24) is 0 Å². The third kappa shape index (κ3) is 3.13. The van der Waals surface area contributed by atoms with E-state index in [-0.39, 0.29) is 11.8 Å². The van der Waals surface area contributed by atoms with Gasteiger partial charge in [-0.1, -0.05) is 41.9 Å². The van der Waals surface area contributed by atoms with E-state index in [9.17, 15) is 9.18 Å². The largest absolute Gasteiger partial charge is 0.473 e. The molecule has 0 N–H and O–H groups in total. The predicted molar refractivity (Wildman–Crippen MR) is 111 cm³/mol. The van der Waals surface area contributed by atoms with E-state index in [0.717, 1.165) is 27.8 Å². The molecule has 0 radical (unpaired) electrons. The minimum Gasteiger partial charge on any atom is -0.473 e. The molecule has 6 heteroatoms. The van der Waals surface area contributed by atoms with Crippen molar-refractivity contribution >= 4 is 28.3 Å². The first-order chi connectivity index (χ1) is 14.1. The molecule has 0 amide bonds. The highest BCUT2D eigenvalue weighted by atomic mass is 35.5. The number of nitrogens with zero attached hydrogens (tertiary/aromatic N) is 1. The van der Waals surface area contributed by atoms with E-state index in [0.29, 0.717) is 17.9 Å². The Balaban J connectivity index is 1.65. The van der Waals surface area contributed by atoms with Gasteiger partial charge in [0.2, 0.25) is 0 Å². The molecule has 0 unspecified atom stereocenters. The minimum atomic E-state index is -0.474. The topological polar surface area (TPSA) is 42.7 Å². The smallest absolute Gasteiger partial charge is 0.336 e. The number of benzene rings is 3. The molecule has 144 valence electrons. The Kier molecular flexibility index (Phi) is 4.25. The zero-order valence-corrected chi connectivity index (χ0v) is 15.9. The van der Waals surface area contributed by atoms with Crippen molar-refractivity contribution in [1.29, 1.82) is 0 Å². The maximum atomic E-state index is 13.5. The van der Waals surface area contributed by atoms with Gasteiger partial charge in [0.25, 0.3) is 0 Å². The number of ether oxygens (including phenoxy) is 1. The second-order valence-electron chi connectivity index (χ2n) is 6.83. The summed E-state index contributed by atoms with van der Waals surface area (Å²) in [5, 5.41) is 0.876. The monoisotopic (exact) mass is 407 g/mol. The zero-order chi connectivity index (χ0) is 20.0. The normalized spacial score (nSPS) is 13.2. The van der Waals surface area contributed by atoms with E-state index in [1.54, 1.807) is 12.1 Å². The molecule has 4 nitrogen and oxygen atoms in total. The Morgan fingerprint density at radius 3 is 2.62 bits per heavy atom. The summed E-state index contributed by atoms with van der Waals surface area (Å²) in [6, 6.07) is 19.5. The van der Waals surface area contributed by atoms with Crippen LogP contribution < -0.4 is 15.3 Å². The number of fused-ring (bicyclic) bond motifs is 3. The molecular weight excluding hydrogens is 393 g/mol. The maximum absolute atomic E-state index is 13.5. The van der Waals surface area contributed by atoms with Gasteiger partial charge in [0.15, 0.2) is 6.73 Å². The van der Waals surface area contributed by atoms with Gasteiger partial charge in [0.1, 0.15) is 17.1 Å². The molecule has 0 aliphatic carbocycles. The Morgan fingerprint density at radius 2 is 1.83 bits per heavy atom. The summed E-state index contributed by atoms with van der Waals surface area (Å²) in [6.07, 6.45) is 0. The van der Waals surface area contributed by atoms with Crippen molar-refractivity contribution in [2.24, 2.45) is 0 Å². The van der Waals surface area contributed by atoms with Crippen LogP contribution in [0.2, 0.25) is 5.02 Å². The summed E-state index contributed by atoms with van der Waals surface area (Å²) in [4.78, 5) is 14.2. The van der Waals surface area contributed by atoms with Gasteiger partial charge in [-0.25, -0.2) is 9.18 Å². The van der Waals surface area contributed by atoms with Crippen molar-refractivity contribution in [2.75, 3.05) is 11.6 Å². The fraction of sp³-hybridized carbons (Fsp3) is 0.0870. The van der Waals surface area contributed by atoms with Gasteiger partial charge < -0.3 is 14.1 Å². The molecule has 2 heterocycles. The van der Waals surface area contributed by atoms with Crippen LogP contribution in [0.1, 0.15) is 5.56 Å². The molecule has 0 atom stereocenters. The summed E-state index contributed by atoms with van der Waals surface area (Å²) >= 11 is 5.94. The van der Waals surface area contributed by atoms with Crippen molar-refractivity contribution in [2.45, 2.75) is 6.54 Å². The van der Waals surface area contributed by atoms with Gasteiger partial charge in [-0.05, 0) is 41.5 Å². The van der Waals surface area contributed by atoms with E-state index in [1.165, 1.54) is 12.1 Å². The summed E-state index contributed by atoms with van der Waals surface area (Å²) in [6.45, 7) is 0.721. The lowest BCUT2D eigenvalue weighted by Crippen LogP contribution is -2.32. The Morgan fingerprint density at radius 1 is 1.00 bits per heavy atom. The quantitative estimate of drug-likeness (QED) is 0.405. The molecule has 5 rings (SSSR count). The summed E-state index contributed by atoms with van der Waals surface area (Å²) < 4.78 is 25.0. The average molecular weight is 408 g/mol. The Bertz CT molecular complexity index is 1290. The van der Waals surface area contributed by atoms with Crippen LogP contribution in [0, 0.1) is 5.82 Å². The summed E-state index contributed by atoms with van der Waals surface area (Å²) in [5.41, 5.74) is 3.30. The van der Waals surface area contributed by atoms with E-state index in [2.05, 4.69) is 0 Å². The molecule has 0 saturated carbocycles. The van der Waals surface area contributed by atoms with Crippen molar-refractivity contribution in [3.8, 4) is 16.9 Å². The van der Waals surface area contributed by atoms with Crippen LogP contribution in [0.3, 0.4) is 0 Å². The molecule has 29 heavy (non-hydrogen) atoms. The third-order valence-corrected chi connectivity index (χ3v) is 5.34. The number of halogens is 2. The molecule has 0 spiro atoms. The second kappa shape index (κ2) is 6.94. The maximum Gasteiger partial charge on any atom is 0.336 e. The van der Waals surface area contributed by atoms with Crippen LogP contribution in [0.4, 0.5) is 10.1 Å². The molecule has 0 saturated heterocycles. The molecule has 1 aromatic heterocycles. The van der Waals surface area contributed by atoms with E-state index < -0.39 is 11.4 Å². The van der Waals surface area contributed by atoms with E-state index >= 15 is 0 Å². The molecule has 3 aromatic carbocycles. The fourth-order valence-corrected chi connectivity index (χ4v) is 3.81. The number of anilines is 1. The van der Waals surface area contributed by atoms with Gasteiger partial charge in [-0.2, -0.15) is 0 Å². The summed E-state index contributed by atoms with van der Waals surface area (Å²) in [7, 11) is 0. The van der Waals surface area contributed by atoms with Crippen LogP contribution in [0.5, 0.6) is 5.75 Å². The van der Waals surface area contributed by atoms with Crippen LogP contribution >= 0.6 is 11.6 Å². The molecule has 0 fully saturated rings. The second-order valence-corrected chi connectivity index (χ2v) is 7.24. The minimum absolute atomic E-state index is 0.0455. The Hall–Kier alpha value is -3.31. The predicted octanol–water partition coefficient (Wildman–Crippen LogP) is 5.61. The molecule has 0 bridgehead atoms. The van der Waals surface area contributed by atoms with Gasteiger partial charge in [-0.3, -0.25) is 0 Å². The van der Waals surface area contributed by atoms with Crippen LogP contribution in [0.25, 0.3) is 22.1 Å². The van der Waals surface area contributed by atoms with Crippen molar-refractivity contribution in [3.05, 3.63) is 93.6 Å². The van der Waals surface area contributed by atoms with E-state index in [1.807, 2.05) is 47.4 Å². The number of rotatable bonds is 2. The summed E-state index contributed by atoms with van der Waals surface area (Å²) in [5.74, 6) is 0.188. The average Bonchev–Trinajstić information content (AvgIpc) is 2.75. The highest BCUT2D eigenvalue weighted by Crippen LogP contribution is 2.37. The standard InChI is InChI=1S/C23H15ClFNO3/c24-19-10-15(6-8-20(19)25)26-12-18-21(28-13-26)9-7-16-17(11-22(27)29-23(16)18)14-4-2-1-3-5-14/h1-11H,12-13H2. The zero-order valence-electron chi connectivity index (χ0n) is 15.2. The van der Waals surface area contributed by atoms with Crippen LogP contribution in [-0.4, -0.2) is 6.73 Å². The lowest BCUT2D eigenvalue weighted by molar-refractivity contribution is 0.289.